The Hall–Kier alpha value is -1.06. The van der Waals surface area contributed by atoms with Crippen molar-refractivity contribution in [1.82, 2.24) is 9.80 Å². The van der Waals surface area contributed by atoms with E-state index < -0.39 is 0 Å². The first-order valence-corrected chi connectivity index (χ1v) is 9.72. The van der Waals surface area contributed by atoms with Crippen molar-refractivity contribution >= 4 is 11.8 Å². The van der Waals surface area contributed by atoms with E-state index in [-0.39, 0.29) is 11.8 Å². The Balaban J connectivity index is 1.47. The summed E-state index contributed by atoms with van der Waals surface area (Å²) in [6.07, 6.45) is 8.89. The van der Waals surface area contributed by atoms with Crippen LogP contribution in [0.4, 0.5) is 0 Å². The fourth-order valence-electron chi connectivity index (χ4n) is 5.89. The molecule has 0 aromatic rings. The number of carbonyl (C=O) groups is 2. The second-order valence-corrected chi connectivity index (χ2v) is 8.50. The molecule has 5 atom stereocenters. The minimum atomic E-state index is 0.0509. The van der Waals surface area contributed by atoms with Crippen LogP contribution in [0.1, 0.15) is 58.3 Å². The quantitative estimate of drug-likeness (QED) is 0.803. The largest absolute Gasteiger partial charge is 0.342 e. The van der Waals surface area contributed by atoms with Crippen LogP contribution in [0.15, 0.2) is 0 Å². The predicted octanol–water partition coefficient (Wildman–Crippen LogP) is 2.67. The van der Waals surface area contributed by atoms with Gasteiger partial charge in [0, 0.05) is 32.1 Å². The van der Waals surface area contributed by atoms with E-state index in [0.29, 0.717) is 24.9 Å². The number of fused-ring (bicyclic) bond motifs is 1. The van der Waals surface area contributed by atoms with Crippen molar-refractivity contribution in [2.75, 3.05) is 19.6 Å². The zero-order valence-corrected chi connectivity index (χ0v) is 14.4. The minimum absolute atomic E-state index is 0.0509. The summed E-state index contributed by atoms with van der Waals surface area (Å²) in [5, 5.41) is 0. The molecule has 0 spiro atoms. The van der Waals surface area contributed by atoms with Crippen LogP contribution < -0.4 is 0 Å². The highest BCUT2D eigenvalue weighted by Gasteiger charge is 2.45. The third-order valence-corrected chi connectivity index (χ3v) is 6.73. The van der Waals surface area contributed by atoms with Crippen LogP contribution in [-0.4, -0.2) is 47.3 Å². The lowest BCUT2D eigenvalue weighted by molar-refractivity contribution is -0.145. The highest BCUT2D eigenvalue weighted by atomic mass is 16.2. The van der Waals surface area contributed by atoms with Crippen molar-refractivity contribution in [3.8, 4) is 0 Å². The number of piperidine rings is 1. The second-order valence-electron chi connectivity index (χ2n) is 8.50. The maximum Gasteiger partial charge on any atom is 0.227 e. The Morgan fingerprint density at radius 2 is 1.74 bits per heavy atom. The fraction of sp³-hybridized carbons (Fsp3) is 0.895. The van der Waals surface area contributed by atoms with Gasteiger partial charge in [-0.05, 0) is 62.7 Å². The van der Waals surface area contributed by atoms with Crippen LogP contribution in [0.25, 0.3) is 0 Å². The Kier molecular flexibility index (Phi) is 4.10. The average molecular weight is 318 g/mol. The lowest BCUT2D eigenvalue weighted by atomic mass is 9.68. The highest BCUT2D eigenvalue weighted by Crippen LogP contribution is 2.47. The number of likely N-dealkylation sites (tertiary alicyclic amines) is 1. The van der Waals surface area contributed by atoms with Gasteiger partial charge in [-0.2, -0.15) is 0 Å². The van der Waals surface area contributed by atoms with Gasteiger partial charge in [0.1, 0.15) is 0 Å². The standard InChI is InChI=1S/C19H30N2O2/c1-2-5-20-12-16(3-4-18(20)22)19(23)21-11-15-7-13-6-14(8-15)10-17(21)9-13/h13-17H,2-12H2,1H3/t13-,14+,15?,16-,17?/m0/s1. The molecule has 4 heteroatoms. The molecule has 0 N–H and O–H groups in total. The summed E-state index contributed by atoms with van der Waals surface area (Å²) in [5.41, 5.74) is 0. The SMILES string of the molecule is CCCN1C[C@@H](C(=O)N2CC3C[C@@H]4CC2C[C@H](C3)C4)CCC1=O. The average Bonchev–Trinajstić information content (AvgIpc) is 2.73. The van der Waals surface area contributed by atoms with Gasteiger partial charge in [0.05, 0.1) is 5.92 Å². The molecule has 4 nitrogen and oxygen atoms in total. The second kappa shape index (κ2) is 6.10. The van der Waals surface area contributed by atoms with Gasteiger partial charge in [0.25, 0.3) is 0 Å². The van der Waals surface area contributed by atoms with Crippen molar-refractivity contribution < 1.29 is 9.59 Å². The zero-order valence-electron chi connectivity index (χ0n) is 14.4. The maximum absolute atomic E-state index is 13.2. The molecule has 5 rings (SSSR count). The summed E-state index contributed by atoms with van der Waals surface area (Å²) in [6, 6.07) is 0.496. The molecule has 2 amide bonds. The molecule has 0 aromatic carbocycles. The van der Waals surface area contributed by atoms with E-state index >= 15 is 0 Å². The van der Waals surface area contributed by atoms with Gasteiger partial charge in [0.15, 0.2) is 0 Å². The van der Waals surface area contributed by atoms with Crippen LogP contribution >= 0.6 is 0 Å². The lowest BCUT2D eigenvalue weighted by Crippen LogP contribution is -2.50. The third kappa shape index (κ3) is 2.89. The third-order valence-electron chi connectivity index (χ3n) is 6.73. The van der Waals surface area contributed by atoms with Gasteiger partial charge in [0.2, 0.25) is 11.8 Å². The Labute approximate surface area is 139 Å². The van der Waals surface area contributed by atoms with Crippen LogP contribution in [0.2, 0.25) is 0 Å². The molecule has 2 unspecified atom stereocenters. The van der Waals surface area contributed by atoms with Crippen molar-refractivity contribution in [2.45, 2.75) is 64.3 Å². The zero-order chi connectivity index (χ0) is 16.0. The first-order valence-electron chi connectivity index (χ1n) is 9.72. The number of carbonyl (C=O) groups excluding carboxylic acids is 2. The van der Waals surface area contributed by atoms with Crippen molar-refractivity contribution in [3.63, 3.8) is 0 Å². The van der Waals surface area contributed by atoms with E-state index in [0.717, 1.165) is 43.7 Å². The Morgan fingerprint density at radius 3 is 2.43 bits per heavy atom. The van der Waals surface area contributed by atoms with Gasteiger partial charge in [-0.15, -0.1) is 0 Å². The predicted molar refractivity (Wildman–Crippen MR) is 88.7 cm³/mol. The number of nitrogens with zero attached hydrogens (tertiary/aromatic N) is 2. The Morgan fingerprint density at radius 1 is 1.04 bits per heavy atom. The highest BCUT2D eigenvalue weighted by molar-refractivity contribution is 5.84. The van der Waals surface area contributed by atoms with Crippen molar-refractivity contribution in [2.24, 2.45) is 23.7 Å². The van der Waals surface area contributed by atoms with E-state index in [1.807, 2.05) is 4.90 Å². The van der Waals surface area contributed by atoms with E-state index in [4.69, 9.17) is 0 Å². The van der Waals surface area contributed by atoms with Gasteiger partial charge in [-0.3, -0.25) is 9.59 Å². The summed E-state index contributed by atoms with van der Waals surface area (Å²) in [7, 11) is 0. The first kappa shape index (κ1) is 15.5. The van der Waals surface area contributed by atoms with Crippen molar-refractivity contribution in [3.05, 3.63) is 0 Å². The maximum atomic E-state index is 13.2. The number of amides is 2. The van der Waals surface area contributed by atoms with Crippen LogP contribution in [0, 0.1) is 23.7 Å². The molecular weight excluding hydrogens is 288 g/mol. The normalized spacial score (nSPS) is 39.7. The molecule has 128 valence electrons. The molecule has 23 heavy (non-hydrogen) atoms. The summed E-state index contributed by atoms with van der Waals surface area (Å²) < 4.78 is 0. The van der Waals surface area contributed by atoms with Crippen molar-refractivity contribution in [1.29, 1.82) is 0 Å². The molecule has 5 aliphatic rings. The topological polar surface area (TPSA) is 40.6 Å². The number of hydrogen-bond donors (Lipinski definition) is 0. The molecular formula is C19H30N2O2. The fourth-order valence-corrected chi connectivity index (χ4v) is 5.89. The summed E-state index contributed by atoms with van der Waals surface area (Å²) >= 11 is 0. The van der Waals surface area contributed by atoms with Crippen LogP contribution in [0.3, 0.4) is 0 Å². The summed E-state index contributed by atoms with van der Waals surface area (Å²) in [4.78, 5) is 29.4. The molecule has 0 aromatic heterocycles. The Bertz CT molecular complexity index is 478. The minimum Gasteiger partial charge on any atom is -0.342 e. The molecule has 2 saturated carbocycles. The molecule has 3 aliphatic heterocycles. The number of rotatable bonds is 3. The van der Waals surface area contributed by atoms with E-state index in [2.05, 4.69) is 11.8 Å². The smallest absolute Gasteiger partial charge is 0.227 e. The van der Waals surface area contributed by atoms with Crippen LogP contribution in [-0.2, 0) is 9.59 Å². The van der Waals surface area contributed by atoms with E-state index in [1.54, 1.807) is 0 Å². The lowest BCUT2D eigenvalue weighted by Gasteiger charge is -2.40. The number of hydrogen-bond acceptors (Lipinski definition) is 2. The molecule has 4 bridgehead atoms. The van der Waals surface area contributed by atoms with E-state index in [1.165, 1.54) is 32.1 Å². The molecule has 0 radical (unpaired) electrons. The summed E-state index contributed by atoms with van der Waals surface area (Å²) in [5.74, 6) is 3.14. The first-order chi connectivity index (χ1) is 11.1. The van der Waals surface area contributed by atoms with Gasteiger partial charge >= 0.3 is 0 Å². The van der Waals surface area contributed by atoms with E-state index in [9.17, 15) is 9.59 Å². The van der Waals surface area contributed by atoms with Crippen LogP contribution in [0.5, 0.6) is 0 Å². The molecule has 3 saturated heterocycles. The van der Waals surface area contributed by atoms with Gasteiger partial charge < -0.3 is 9.80 Å². The molecule has 5 fully saturated rings. The molecule has 2 aliphatic carbocycles. The van der Waals surface area contributed by atoms with Gasteiger partial charge in [-0.1, -0.05) is 6.92 Å². The summed E-state index contributed by atoms with van der Waals surface area (Å²) in [6.45, 7) is 4.56. The molecule has 3 heterocycles. The van der Waals surface area contributed by atoms with Gasteiger partial charge in [-0.25, -0.2) is 0 Å². The monoisotopic (exact) mass is 318 g/mol.